The third-order valence-corrected chi connectivity index (χ3v) is 2.64. The van der Waals surface area contributed by atoms with Crippen molar-refractivity contribution in [1.82, 2.24) is 5.32 Å². The Morgan fingerprint density at radius 1 is 1.58 bits per heavy atom. The molecule has 0 bridgehead atoms. The molecule has 1 unspecified atom stereocenters. The number of carbonyl (C=O) groups is 1. The number of nitro benzene ring substituents is 1. The lowest BCUT2D eigenvalue weighted by Crippen LogP contribution is -2.27. The van der Waals surface area contributed by atoms with Gasteiger partial charge in [-0.3, -0.25) is 14.9 Å². The average Bonchev–Trinajstić information content (AvgIpc) is 2.37. The van der Waals surface area contributed by atoms with E-state index in [0.29, 0.717) is 12.8 Å². The van der Waals surface area contributed by atoms with Crippen LogP contribution in [0.5, 0.6) is 0 Å². The fourth-order valence-electron chi connectivity index (χ4n) is 1.45. The monoisotopic (exact) mass is 270 g/mol. The van der Waals surface area contributed by atoms with Gasteiger partial charge in [0.15, 0.2) is 0 Å². The molecule has 0 aliphatic heterocycles. The molecule has 0 aliphatic rings. The van der Waals surface area contributed by atoms with Gasteiger partial charge in [-0.2, -0.15) is 4.39 Å². The number of benzene rings is 1. The second-order valence-corrected chi connectivity index (χ2v) is 4.03. The van der Waals surface area contributed by atoms with Crippen molar-refractivity contribution in [2.75, 3.05) is 6.54 Å². The van der Waals surface area contributed by atoms with Gasteiger partial charge in [-0.1, -0.05) is 6.92 Å². The standard InChI is InChI=1S/C12H15FN2O4/c1-2-9(16)5-6-14-12(17)8-3-4-11(15(18)19)10(13)7-8/h3-4,7,9,16H,2,5-6H2,1H3,(H,14,17). The van der Waals surface area contributed by atoms with Crippen LogP contribution in [0.4, 0.5) is 10.1 Å². The summed E-state index contributed by atoms with van der Waals surface area (Å²) in [6, 6.07) is 2.96. The Balaban J connectivity index is 2.63. The van der Waals surface area contributed by atoms with Crippen LogP contribution < -0.4 is 5.32 Å². The molecule has 1 aromatic rings. The number of hydrogen-bond donors (Lipinski definition) is 2. The quantitative estimate of drug-likeness (QED) is 0.607. The number of nitro groups is 1. The molecule has 1 rings (SSSR count). The highest BCUT2D eigenvalue weighted by molar-refractivity contribution is 5.94. The van der Waals surface area contributed by atoms with Crippen LogP contribution >= 0.6 is 0 Å². The molecule has 1 amide bonds. The minimum absolute atomic E-state index is 0.00842. The Kier molecular flexibility index (Phi) is 5.37. The van der Waals surface area contributed by atoms with Crippen molar-refractivity contribution >= 4 is 11.6 Å². The second kappa shape index (κ2) is 6.79. The lowest BCUT2D eigenvalue weighted by atomic mass is 10.1. The molecule has 0 fully saturated rings. The predicted octanol–water partition coefficient (Wildman–Crippen LogP) is 1.62. The molecule has 19 heavy (non-hydrogen) atoms. The maximum absolute atomic E-state index is 13.3. The van der Waals surface area contributed by atoms with Crippen molar-refractivity contribution in [3.8, 4) is 0 Å². The van der Waals surface area contributed by atoms with Crippen molar-refractivity contribution in [3.05, 3.63) is 39.7 Å². The number of hydrogen-bond acceptors (Lipinski definition) is 4. The number of carbonyl (C=O) groups excluding carboxylic acids is 1. The molecule has 0 spiro atoms. The van der Waals surface area contributed by atoms with E-state index in [2.05, 4.69) is 5.32 Å². The Labute approximate surface area is 109 Å². The summed E-state index contributed by atoms with van der Waals surface area (Å²) in [7, 11) is 0. The van der Waals surface area contributed by atoms with Gasteiger partial charge in [0.1, 0.15) is 0 Å². The van der Waals surface area contributed by atoms with Gasteiger partial charge >= 0.3 is 5.69 Å². The number of halogens is 1. The second-order valence-electron chi connectivity index (χ2n) is 4.03. The number of nitrogens with one attached hydrogen (secondary N) is 1. The van der Waals surface area contributed by atoms with Crippen molar-refractivity contribution < 1.29 is 19.2 Å². The van der Waals surface area contributed by atoms with Crippen molar-refractivity contribution in [2.24, 2.45) is 0 Å². The lowest BCUT2D eigenvalue weighted by molar-refractivity contribution is -0.387. The molecule has 1 atom stereocenters. The Bertz CT molecular complexity index is 479. The summed E-state index contributed by atoms with van der Waals surface area (Å²) in [5.41, 5.74) is -0.660. The number of rotatable bonds is 6. The number of nitrogens with zero attached hydrogens (tertiary/aromatic N) is 1. The smallest absolute Gasteiger partial charge is 0.304 e. The highest BCUT2D eigenvalue weighted by Crippen LogP contribution is 2.17. The van der Waals surface area contributed by atoms with E-state index in [1.54, 1.807) is 0 Å². The summed E-state index contributed by atoms with van der Waals surface area (Å²) >= 11 is 0. The molecular formula is C12H15FN2O4. The van der Waals surface area contributed by atoms with Gasteiger partial charge in [-0.05, 0) is 25.0 Å². The first-order valence-corrected chi connectivity index (χ1v) is 5.86. The van der Waals surface area contributed by atoms with E-state index in [-0.39, 0.29) is 12.1 Å². The Morgan fingerprint density at radius 2 is 2.26 bits per heavy atom. The van der Waals surface area contributed by atoms with Gasteiger partial charge in [0.05, 0.1) is 11.0 Å². The Hall–Kier alpha value is -2.02. The minimum atomic E-state index is -1.05. The van der Waals surface area contributed by atoms with Gasteiger partial charge in [0.2, 0.25) is 5.82 Å². The number of aliphatic hydroxyl groups excluding tert-OH is 1. The molecule has 0 aromatic heterocycles. The zero-order valence-corrected chi connectivity index (χ0v) is 10.4. The maximum atomic E-state index is 13.3. The molecule has 0 aliphatic carbocycles. The molecule has 2 N–H and O–H groups in total. The van der Waals surface area contributed by atoms with E-state index in [0.717, 1.165) is 12.1 Å². The van der Waals surface area contributed by atoms with Crippen molar-refractivity contribution in [2.45, 2.75) is 25.9 Å². The maximum Gasteiger partial charge on any atom is 0.304 e. The lowest BCUT2D eigenvalue weighted by Gasteiger charge is -2.08. The summed E-state index contributed by atoms with van der Waals surface area (Å²) in [6.45, 7) is 2.07. The first-order valence-electron chi connectivity index (χ1n) is 5.86. The summed E-state index contributed by atoms with van der Waals surface area (Å²) in [5.74, 6) is -1.58. The average molecular weight is 270 g/mol. The summed E-state index contributed by atoms with van der Waals surface area (Å²) in [5, 5.41) is 22.2. The normalized spacial score (nSPS) is 11.9. The van der Waals surface area contributed by atoms with Crippen LogP contribution in [0.2, 0.25) is 0 Å². The number of aliphatic hydroxyl groups is 1. The van der Waals surface area contributed by atoms with E-state index in [9.17, 15) is 24.4 Å². The van der Waals surface area contributed by atoms with Crippen LogP contribution in [-0.2, 0) is 0 Å². The van der Waals surface area contributed by atoms with Crippen LogP contribution in [0.3, 0.4) is 0 Å². The van der Waals surface area contributed by atoms with Gasteiger partial charge < -0.3 is 10.4 Å². The third-order valence-electron chi connectivity index (χ3n) is 2.64. The van der Waals surface area contributed by atoms with Crippen LogP contribution in [0.15, 0.2) is 18.2 Å². The Morgan fingerprint density at radius 3 is 2.79 bits per heavy atom. The highest BCUT2D eigenvalue weighted by Gasteiger charge is 2.16. The fourth-order valence-corrected chi connectivity index (χ4v) is 1.45. The van der Waals surface area contributed by atoms with Gasteiger partial charge in [0, 0.05) is 18.2 Å². The van der Waals surface area contributed by atoms with Gasteiger partial charge in [0.25, 0.3) is 5.91 Å². The van der Waals surface area contributed by atoms with Crippen LogP contribution in [0.25, 0.3) is 0 Å². The minimum Gasteiger partial charge on any atom is -0.393 e. The van der Waals surface area contributed by atoms with Crippen LogP contribution in [-0.4, -0.2) is 28.6 Å². The summed E-state index contributed by atoms with van der Waals surface area (Å²) < 4.78 is 13.3. The molecule has 0 saturated carbocycles. The molecule has 0 saturated heterocycles. The summed E-state index contributed by atoms with van der Waals surface area (Å²) in [6.07, 6.45) is 0.494. The van der Waals surface area contributed by atoms with Crippen LogP contribution in [0.1, 0.15) is 30.1 Å². The van der Waals surface area contributed by atoms with Crippen molar-refractivity contribution in [1.29, 1.82) is 0 Å². The third kappa shape index (κ3) is 4.29. The van der Waals surface area contributed by atoms with E-state index < -0.39 is 28.4 Å². The zero-order chi connectivity index (χ0) is 14.4. The van der Waals surface area contributed by atoms with E-state index >= 15 is 0 Å². The molecule has 0 radical (unpaired) electrons. The molecule has 0 heterocycles. The molecular weight excluding hydrogens is 255 g/mol. The van der Waals surface area contributed by atoms with E-state index in [4.69, 9.17) is 0 Å². The number of amides is 1. The first kappa shape index (κ1) is 15.0. The van der Waals surface area contributed by atoms with Crippen LogP contribution in [0, 0.1) is 15.9 Å². The molecule has 1 aromatic carbocycles. The predicted molar refractivity (Wildman–Crippen MR) is 66.3 cm³/mol. The molecule has 6 nitrogen and oxygen atoms in total. The van der Waals surface area contributed by atoms with E-state index in [1.807, 2.05) is 6.92 Å². The fraction of sp³-hybridized carbons (Fsp3) is 0.417. The zero-order valence-electron chi connectivity index (χ0n) is 10.4. The SMILES string of the molecule is CCC(O)CCNC(=O)c1ccc([N+](=O)[O-])c(F)c1. The first-order chi connectivity index (χ1) is 8.95. The van der Waals surface area contributed by atoms with Crippen molar-refractivity contribution in [3.63, 3.8) is 0 Å². The molecule has 104 valence electrons. The highest BCUT2D eigenvalue weighted by atomic mass is 19.1. The van der Waals surface area contributed by atoms with Gasteiger partial charge in [-0.25, -0.2) is 0 Å². The molecule has 7 heteroatoms. The van der Waals surface area contributed by atoms with E-state index in [1.165, 1.54) is 6.07 Å². The topological polar surface area (TPSA) is 92.5 Å². The van der Waals surface area contributed by atoms with Gasteiger partial charge in [-0.15, -0.1) is 0 Å². The summed E-state index contributed by atoms with van der Waals surface area (Å²) in [4.78, 5) is 21.2. The largest absolute Gasteiger partial charge is 0.393 e.